The van der Waals surface area contributed by atoms with Crippen LogP contribution in [0.25, 0.3) is 0 Å². The minimum atomic E-state index is -0.311. The molecular formula is C6H3Cl3. The van der Waals surface area contributed by atoms with E-state index in [1.165, 1.54) is 0 Å². The smallest absolute Gasteiger partial charge is 0.0778 e. The summed E-state index contributed by atoms with van der Waals surface area (Å²) in [6, 6.07) is -0.846. The highest BCUT2D eigenvalue weighted by molar-refractivity contribution is 6.47. The van der Waals surface area contributed by atoms with Crippen LogP contribution in [-0.4, -0.2) is 0 Å². The number of hydrogen-bond acceptors (Lipinski definition) is 0. The molecule has 0 spiro atoms. The predicted molar refractivity (Wildman–Crippen MR) is 41.5 cm³/mol. The van der Waals surface area contributed by atoms with Crippen molar-refractivity contribution in [3.05, 3.63) is 33.2 Å². The quantitative estimate of drug-likeness (QED) is 0.540. The topological polar surface area (TPSA) is 0 Å². The first-order valence-corrected chi connectivity index (χ1v) is 3.20. The molecule has 0 radical (unpaired) electrons. The second-order valence-electron chi connectivity index (χ2n) is 1.32. The summed E-state index contributed by atoms with van der Waals surface area (Å²) < 4.78 is 21.7. The van der Waals surface area contributed by atoms with Gasteiger partial charge in [-0.1, -0.05) is 40.8 Å². The lowest BCUT2D eigenvalue weighted by molar-refractivity contribution is 1.70. The number of benzene rings is 1. The van der Waals surface area contributed by atoms with Crippen LogP contribution >= 0.6 is 34.8 Å². The normalized spacial score (nSPS) is 14.3. The zero-order valence-electron chi connectivity index (χ0n) is 7.13. The lowest BCUT2D eigenvalue weighted by atomic mass is 10.4. The van der Waals surface area contributed by atoms with Crippen molar-refractivity contribution in [3.63, 3.8) is 0 Å². The van der Waals surface area contributed by atoms with Crippen molar-refractivity contribution < 1.29 is 4.11 Å². The Morgan fingerprint density at radius 2 is 1.56 bits per heavy atom. The van der Waals surface area contributed by atoms with Crippen LogP contribution in [0.1, 0.15) is 4.11 Å². The zero-order valence-corrected chi connectivity index (χ0v) is 6.40. The summed E-state index contributed by atoms with van der Waals surface area (Å²) in [7, 11) is 0. The van der Waals surface area contributed by atoms with E-state index < -0.39 is 0 Å². The summed E-state index contributed by atoms with van der Waals surface area (Å²) in [4.78, 5) is 0. The van der Waals surface area contributed by atoms with Crippen LogP contribution in [0.2, 0.25) is 15.1 Å². The molecule has 0 atom stereocenters. The van der Waals surface area contributed by atoms with Gasteiger partial charge >= 0.3 is 0 Å². The molecule has 1 aromatic carbocycles. The van der Waals surface area contributed by atoms with Gasteiger partial charge in [0.05, 0.1) is 19.2 Å². The van der Waals surface area contributed by atoms with E-state index in [0.717, 1.165) is 0 Å². The van der Waals surface area contributed by atoms with E-state index in [4.69, 9.17) is 38.9 Å². The summed E-state index contributed by atoms with van der Waals surface area (Å²) >= 11 is 16.7. The molecule has 0 nitrogen and oxygen atoms in total. The van der Waals surface area contributed by atoms with Crippen molar-refractivity contribution in [2.75, 3.05) is 0 Å². The summed E-state index contributed by atoms with van der Waals surface area (Å²) in [6.07, 6.45) is 0. The maximum atomic E-state index is 7.24. The fourth-order valence-electron chi connectivity index (χ4n) is 0.347. The van der Waals surface area contributed by atoms with Crippen LogP contribution in [-0.2, 0) is 0 Å². The third-order valence-electron chi connectivity index (χ3n) is 0.730. The van der Waals surface area contributed by atoms with Gasteiger partial charge in [0.25, 0.3) is 0 Å². The molecule has 0 saturated heterocycles. The van der Waals surface area contributed by atoms with E-state index in [2.05, 4.69) is 0 Å². The maximum absolute atomic E-state index is 7.24. The predicted octanol–water partition coefficient (Wildman–Crippen LogP) is 3.65. The highest BCUT2D eigenvalue weighted by Crippen LogP contribution is 2.28. The third kappa shape index (κ3) is 1.51. The fraction of sp³-hybridized carbons (Fsp3) is 0. The fourth-order valence-corrected chi connectivity index (χ4v) is 0.773. The Kier molecular flexibility index (Phi) is 1.26. The van der Waals surface area contributed by atoms with Crippen LogP contribution in [0, 0.1) is 0 Å². The zero-order chi connectivity index (χ0) is 9.46. The van der Waals surface area contributed by atoms with E-state index >= 15 is 0 Å². The van der Waals surface area contributed by atoms with Gasteiger partial charge in [0.1, 0.15) is 0 Å². The Balaban J connectivity index is 3.60. The molecule has 0 N–H and O–H groups in total. The summed E-state index contributed by atoms with van der Waals surface area (Å²) in [5.41, 5.74) is 0. The molecule has 0 aliphatic rings. The molecule has 0 fully saturated rings. The summed E-state index contributed by atoms with van der Waals surface area (Å²) in [5.74, 6) is 0. The van der Waals surface area contributed by atoms with E-state index in [1.807, 2.05) is 0 Å². The van der Waals surface area contributed by atoms with Crippen molar-refractivity contribution in [2.24, 2.45) is 0 Å². The Morgan fingerprint density at radius 1 is 1.11 bits per heavy atom. The van der Waals surface area contributed by atoms with E-state index in [1.54, 1.807) is 0 Å². The average Bonchev–Trinajstić information content (AvgIpc) is 2.08. The Bertz CT molecular complexity index is 232. The lowest BCUT2D eigenvalue weighted by Crippen LogP contribution is -1.67. The first-order valence-electron chi connectivity index (χ1n) is 3.57. The van der Waals surface area contributed by atoms with Crippen molar-refractivity contribution in [3.8, 4) is 0 Å². The monoisotopic (exact) mass is 183 g/mol. The van der Waals surface area contributed by atoms with Gasteiger partial charge in [-0.25, -0.2) is 0 Å². The van der Waals surface area contributed by atoms with Gasteiger partial charge in [0, 0.05) is 0 Å². The van der Waals surface area contributed by atoms with Crippen LogP contribution in [0.3, 0.4) is 0 Å². The second kappa shape index (κ2) is 2.78. The average molecular weight is 184 g/mol. The van der Waals surface area contributed by atoms with Crippen molar-refractivity contribution in [1.82, 2.24) is 0 Å². The Hall–Kier alpha value is 0.0900. The lowest BCUT2D eigenvalue weighted by Gasteiger charge is -1.94. The largest absolute Gasteiger partial charge is 0.0827 e. The van der Waals surface area contributed by atoms with Gasteiger partial charge in [-0.15, -0.1) is 0 Å². The Morgan fingerprint density at radius 3 is 2.00 bits per heavy atom. The highest BCUT2D eigenvalue weighted by atomic mass is 35.5. The molecule has 9 heavy (non-hydrogen) atoms. The number of halogens is 3. The Labute approximate surface area is 72.6 Å². The summed E-state index contributed by atoms with van der Waals surface area (Å²) in [5, 5.41) is -0.199. The van der Waals surface area contributed by atoms with Gasteiger partial charge < -0.3 is 0 Å². The molecule has 0 saturated carbocycles. The molecule has 48 valence electrons. The molecule has 1 aromatic rings. The number of hydrogen-bond donors (Lipinski definition) is 0. The van der Waals surface area contributed by atoms with Gasteiger partial charge in [0.2, 0.25) is 0 Å². The van der Waals surface area contributed by atoms with Crippen LogP contribution in [0.15, 0.2) is 18.1 Å². The molecule has 1 rings (SSSR count). The molecular weight excluding hydrogens is 178 g/mol. The standard InChI is InChI=1S/C6H3Cl3/c7-4-2-1-3-5(8)6(4)9/h1-3H/i1D,2D,3D. The van der Waals surface area contributed by atoms with E-state index in [9.17, 15) is 0 Å². The number of rotatable bonds is 0. The van der Waals surface area contributed by atoms with Crippen molar-refractivity contribution >= 4 is 34.8 Å². The van der Waals surface area contributed by atoms with E-state index in [-0.39, 0.29) is 33.2 Å². The van der Waals surface area contributed by atoms with Crippen LogP contribution in [0.4, 0.5) is 0 Å². The first kappa shape index (κ1) is 4.07. The maximum Gasteiger partial charge on any atom is 0.0778 e. The highest BCUT2D eigenvalue weighted by Gasteiger charge is 1.98. The SMILES string of the molecule is [2H]c1c([2H])c(Cl)c(Cl)c(Cl)c1[2H]. The minimum Gasteiger partial charge on any atom is -0.0827 e. The van der Waals surface area contributed by atoms with Gasteiger partial charge in [0.15, 0.2) is 0 Å². The van der Waals surface area contributed by atoms with Gasteiger partial charge in [-0.3, -0.25) is 0 Å². The minimum absolute atomic E-state index is 0.0377. The molecule has 0 aliphatic heterocycles. The van der Waals surface area contributed by atoms with Crippen molar-refractivity contribution in [2.45, 2.75) is 0 Å². The molecule has 0 aromatic heterocycles. The second-order valence-corrected chi connectivity index (χ2v) is 2.45. The van der Waals surface area contributed by atoms with Crippen LogP contribution in [0.5, 0.6) is 0 Å². The third-order valence-corrected chi connectivity index (χ3v) is 1.87. The van der Waals surface area contributed by atoms with Crippen molar-refractivity contribution in [1.29, 1.82) is 0 Å². The molecule has 0 bridgehead atoms. The first-order chi connectivity index (χ1) is 5.46. The molecule has 0 aliphatic carbocycles. The molecule has 0 amide bonds. The van der Waals surface area contributed by atoms with Gasteiger partial charge in [-0.05, 0) is 12.1 Å². The van der Waals surface area contributed by atoms with Gasteiger partial charge in [-0.2, -0.15) is 0 Å². The van der Waals surface area contributed by atoms with Crippen LogP contribution < -0.4 is 0 Å². The molecule has 3 heteroatoms. The molecule has 0 unspecified atom stereocenters. The van der Waals surface area contributed by atoms with E-state index in [0.29, 0.717) is 0 Å². The molecule has 0 heterocycles. The summed E-state index contributed by atoms with van der Waals surface area (Å²) in [6.45, 7) is 0.